The molecule has 1 unspecified atom stereocenters. The van der Waals surface area contributed by atoms with Gasteiger partial charge in [0.2, 0.25) is 0 Å². The smallest absolute Gasteiger partial charge is 0.311 e. The van der Waals surface area contributed by atoms with Crippen molar-refractivity contribution in [3.05, 3.63) is 0 Å². The highest BCUT2D eigenvalue weighted by atomic mass is 16.5. The zero-order valence-corrected chi connectivity index (χ0v) is 17.7. The molecule has 0 amide bonds. The minimum Gasteiger partial charge on any atom is -0.469 e. The summed E-state index contributed by atoms with van der Waals surface area (Å²) in [6.07, 6.45) is 7.89. The van der Waals surface area contributed by atoms with Crippen LogP contribution in [0, 0.1) is 10.8 Å². The lowest BCUT2D eigenvalue weighted by Gasteiger charge is -2.41. The molecule has 0 bridgehead atoms. The van der Waals surface area contributed by atoms with Crippen LogP contribution in [-0.2, 0) is 19.1 Å². The Balaban J connectivity index is 2.77. The largest absolute Gasteiger partial charge is 0.469 e. The molecular formula is C21H39NO4. The maximum absolute atomic E-state index is 12.2. The third-order valence-electron chi connectivity index (χ3n) is 5.64. The van der Waals surface area contributed by atoms with Gasteiger partial charge in [-0.1, -0.05) is 20.3 Å². The standard InChI is InChI=1S/C21H39NO4/c1-20(2,12-10-11-18(23)25-5)15-17(22-13-8-7-9-14-22)16-21(3,4)19(24)26-6/h17H,7-16H2,1-6H3. The van der Waals surface area contributed by atoms with Gasteiger partial charge in [0.1, 0.15) is 0 Å². The number of carbonyl (C=O) groups is 2. The van der Waals surface area contributed by atoms with Crippen LogP contribution < -0.4 is 0 Å². The molecular weight excluding hydrogens is 330 g/mol. The summed E-state index contributed by atoms with van der Waals surface area (Å²) >= 11 is 0. The maximum atomic E-state index is 12.2. The monoisotopic (exact) mass is 369 g/mol. The second-order valence-corrected chi connectivity index (χ2v) is 9.13. The van der Waals surface area contributed by atoms with Gasteiger partial charge in [0, 0.05) is 12.5 Å². The van der Waals surface area contributed by atoms with E-state index in [4.69, 9.17) is 9.47 Å². The molecule has 1 heterocycles. The fourth-order valence-corrected chi connectivity index (χ4v) is 4.12. The summed E-state index contributed by atoms with van der Waals surface area (Å²) < 4.78 is 9.78. The van der Waals surface area contributed by atoms with Gasteiger partial charge in [-0.05, 0) is 70.9 Å². The molecule has 0 aliphatic carbocycles. The molecule has 0 aromatic carbocycles. The fraction of sp³-hybridized carbons (Fsp3) is 0.905. The number of hydrogen-bond acceptors (Lipinski definition) is 5. The van der Waals surface area contributed by atoms with Crippen molar-refractivity contribution in [2.24, 2.45) is 10.8 Å². The molecule has 0 spiro atoms. The van der Waals surface area contributed by atoms with E-state index in [9.17, 15) is 9.59 Å². The first-order valence-electron chi connectivity index (χ1n) is 10.0. The number of carbonyl (C=O) groups excluding carboxylic acids is 2. The Bertz CT molecular complexity index is 453. The van der Waals surface area contributed by atoms with Crippen molar-refractivity contribution >= 4 is 11.9 Å². The second-order valence-electron chi connectivity index (χ2n) is 9.13. The van der Waals surface area contributed by atoms with E-state index in [1.165, 1.54) is 33.5 Å². The van der Waals surface area contributed by atoms with Crippen LogP contribution in [0.25, 0.3) is 0 Å². The SMILES string of the molecule is COC(=O)CCCC(C)(C)CC(CC(C)(C)C(=O)OC)N1CCCCC1. The summed E-state index contributed by atoms with van der Waals surface area (Å²) in [5, 5.41) is 0. The Morgan fingerprint density at radius 1 is 0.962 bits per heavy atom. The quantitative estimate of drug-likeness (QED) is 0.541. The Hall–Kier alpha value is -1.10. The van der Waals surface area contributed by atoms with E-state index >= 15 is 0 Å². The number of piperidine rings is 1. The normalized spacial score (nSPS) is 17.6. The molecule has 1 atom stereocenters. The molecule has 0 aromatic rings. The van der Waals surface area contributed by atoms with Crippen molar-refractivity contribution in [1.29, 1.82) is 0 Å². The van der Waals surface area contributed by atoms with E-state index in [0.29, 0.717) is 12.5 Å². The summed E-state index contributed by atoms with van der Waals surface area (Å²) in [5.74, 6) is -0.275. The van der Waals surface area contributed by atoms with Gasteiger partial charge in [-0.15, -0.1) is 0 Å². The number of hydrogen-bond donors (Lipinski definition) is 0. The number of rotatable bonds is 10. The predicted octanol–water partition coefficient (Wildman–Crippen LogP) is 4.19. The van der Waals surface area contributed by atoms with Crippen LogP contribution in [0.5, 0.6) is 0 Å². The van der Waals surface area contributed by atoms with Crippen LogP contribution in [0.4, 0.5) is 0 Å². The molecule has 152 valence electrons. The fourth-order valence-electron chi connectivity index (χ4n) is 4.12. The molecule has 1 aliphatic rings. The van der Waals surface area contributed by atoms with Gasteiger partial charge in [0.15, 0.2) is 0 Å². The van der Waals surface area contributed by atoms with Gasteiger partial charge in [-0.3, -0.25) is 9.59 Å². The third kappa shape index (κ3) is 7.65. The van der Waals surface area contributed by atoms with Crippen molar-refractivity contribution in [3.63, 3.8) is 0 Å². The Labute approximate surface area is 159 Å². The highest BCUT2D eigenvalue weighted by Crippen LogP contribution is 2.36. The van der Waals surface area contributed by atoms with Crippen LogP contribution in [0.3, 0.4) is 0 Å². The lowest BCUT2D eigenvalue weighted by molar-refractivity contribution is -0.152. The maximum Gasteiger partial charge on any atom is 0.311 e. The van der Waals surface area contributed by atoms with E-state index in [2.05, 4.69) is 18.7 Å². The first-order valence-corrected chi connectivity index (χ1v) is 10.0. The summed E-state index contributed by atoms with van der Waals surface area (Å²) in [5.41, 5.74) is -0.374. The molecule has 1 saturated heterocycles. The average Bonchev–Trinajstić information content (AvgIpc) is 2.60. The summed E-state index contributed by atoms with van der Waals surface area (Å²) in [6.45, 7) is 10.7. The highest BCUT2D eigenvalue weighted by molar-refractivity contribution is 5.75. The number of ether oxygens (including phenoxy) is 2. The first kappa shape index (κ1) is 22.9. The van der Waals surface area contributed by atoms with E-state index in [0.717, 1.165) is 38.8 Å². The van der Waals surface area contributed by atoms with Crippen LogP contribution >= 0.6 is 0 Å². The van der Waals surface area contributed by atoms with Gasteiger partial charge in [0.25, 0.3) is 0 Å². The topological polar surface area (TPSA) is 55.8 Å². The Morgan fingerprint density at radius 2 is 1.58 bits per heavy atom. The van der Waals surface area contributed by atoms with E-state index < -0.39 is 5.41 Å². The van der Waals surface area contributed by atoms with Crippen LogP contribution in [-0.4, -0.2) is 50.2 Å². The van der Waals surface area contributed by atoms with Crippen molar-refractivity contribution < 1.29 is 19.1 Å². The molecule has 26 heavy (non-hydrogen) atoms. The molecule has 5 heteroatoms. The van der Waals surface area contributed by atoms with E-state index in [1.807, 2.05) is 13.8 Å². The van der Waals surface area contributed by atoms with E-state index in [1.54, 1.807) is 0 Å². The third-order valence-corrected chi connectivity index (χ3v) is 5.64. The van der Waals surface area contributed by atoms with Gasteiger partial charge >= 0.3 is 11.9 Å². The van der Waals surface area contributed by atoms with Gasteiger partial charge < -0.3 is 14.4 Å². The molecule has 1 fully saturated rings. The summed E-state index contributed by atoms with van der Waals surface area (Å²) in [4.78, 5) is 26.2. The van der Waals surface area contributed by atoms with Crippen molar-refractivity contribution in [2.45, 2.75) is 85.1 Å². The first-order chi connectivity index (χ1) is 12.1. The summed E-state index contributed by atoms with van der Waals surface area (Å²) in [6, 6.07) is 0.359. The molecule has 1 aliphatic heterocycles. The Kier molecular flexibility index (Phi) is 9.08. The average molecular weight is 370 g/mol. The second kappa shape index (κ2) is 10.3. The lowest BCUT2D eigenvalue weighted by atomic mass is 9.75. The molecule has 1 rings (SSSR count). The minimum atomic E-state index is -0.487. The zero-order valence-electron chi connectivity index (χ0n) is 17.7. The lowest BCUT2D eigenvalue weighted by Crippen LogP contribution is -2.45. The Morgan fingerprint density at radius 3 is 2.12 bits per heavy atom. The predicted molar refractivity (Wildman–Crippen MR) is 104 cm³/mol. The molecule has 0 aromatic heterocycles. The minimum absolute atomic E-state index is 0.113. The van der Waals surface area contributed by atoms with Crippen LogP contribution in [0.2, 0.25) is 0 Å². The zero-order chi connectivity index (χ0) is 19.8. The number of nitrogens with zero attached hydrogens (tertiary/aromatic N) is 1. The van der Waals surface area contributed by atoms with Gasteiger partial charge in [-0.25, -0.2) is 0 Å². The van der Waals surface area contributed by atoms with Gasteiger partial charge in [0.05, 0.1) is 19.6 Å². The molecule has 0 radical (unpaired) electrons. The number of methoxy groups -OCH3 is 2. The van der Waals surface area contributed by atoms with Crippen molar-refractivity contribution in [2.75, 3.05) is 27.3 Å². The summed E-state index contributed by atoms with van der Waals surface area (Å²) in [7, 11) is 2.91. The molecule has 0 saturated carbocycles. The van der Waals surface area contributed by atoms with Gasteiger partial charge in [-0.2, -0.15) is 0 Å². The highest BCUT2D eigenvalue weighted by Gasteiger charge is 2.37. The van der Waals surface area contributed by atoms with Crippen LogP contribution in [0.1, 0.15) is 79.1 Å². The number of esters is 2. The number of likely N-dealkylation sites (tertiary alicyclic amines) is 1. The molecule has 5 nitrogen and oxygen atoms in total. The van der Waals surface area contributed by atoms with E-state index in [-0.39, 0.29) is 17.4 Å². The van der Waals surface area contributed by atoms with Crippen LogP contribution in [0.15, 0.2) is 0 Å². The molecule has 0 N–H and O–H groups in total. The van der Waals surface area contributed by atoms with Crippen molar-refractivity contribution in [1.82, 2.24) is 4.90 Å². The van der Waals surface area contributed by atoms with Crippen molar-refractivity contribution in [3.8, 4) is 0 Å².